The molecule has 0 radical (unpaired) electrons. The number of piperidine rings is 1. The highest BCUT2D eigenvalue weighted by Crippen LogP contribution is 2.16. The van der Waals surface area contributed by atoms with Crippen LogP contribution in [-0.4, -0.2) is 44.3 Å². The second kappa shape index (κ2) is 7.51. The quantitative estimate of drug-likeness (QED) is 0.384. The molecule has 5 heteroatoms. The van der Waals surface area contributed by atoms with E-state index >= 15 is 0 Å². The summed E-state index contributed by atoms with van der Waals surface area (Å²) in [6.45, 7) is 7.38. The van der Waals surface area contributed by atoms with Crippen molar-refractivity contribution in [3.8, 4) is 0 Å². The van der Waals surface area contributed by atoms with Crippen molar-refractivity contribution in [3.05, 3.63) is 10.4 Å². The molecule has 0 saturated carbocycles. The summed E-state index contributed by atoms with van der Waals surface area (Å²) in [5.41, 5.74) is 8.18. The highest BCUT2D eigenvalue weighted by Gasteiger charge is 2.18. The SMILES string of the molecule is CCOCC1CCCN(CCN=[N+]=[N-])C1. The summed E-state index contributed by atoms with van der Waals surface area (Å²) in [4.78, 5) is 5.13. The van der Waals surface area contributed by atoms with E-state index in [2.05, 4.69) is 14.9 Å². The molecule has 1 unspecified atom stereocenters. The van der Waals surface area contributed by atoms with E-state index in [-0.39, 0.29) is 0 Å². The van der Waals surface area contributed by atoms with Crippen molar-refractivity contribution in [1.82, 2.24) is 4.90 Å². The van der Waals surface area contributed by atoms with Gasteiger partial charge in [-0.3, -0.25) is 0 Å². The van der Waals surface area contributed by atoms with Gasteiger partial charge in [0.2, 0.25) is 0 Å². The minimum Gasteiger partial charge on any atom is -0.381 e. The Hall–Kier alpha value is -0.770. The van der Waals surface area contributed by atoms with Crippen molar-refractivity contribution < 1.29 is 4.74 Å². The second-order valence-corrected chi connectivity index (χ2v) is 3.92. The first kappa shape index (κ1) is 12.3. The van der Waals surface area contributed by atoms with Crippen LogP contribution in [0.1, 0.15) is 19.8 Å². The van der Waals surface area contributed by atoms with E-state index < -0.39 is 0 Å². The molecule has 0 aromatic carbocycles. The second-order valence-electron chi connectivity index (χ2n) is 3.92. The van der Waals surface area contributed by atoms with Gasteiger partial charge in [-0.05, 0) is 37.8 Å². The van der Waals surface area contributed by atoms with Crippen LogP contribution in [0.25, 0.3) is 10.4 Å². The molecule has 1 rings (SSSR count). The van der Waals surface area contributed by atoms with Gasteiger partial charge in [-0.2, -0.15) is 0 Å². The van der Waals surface area contributed by atoms with Gasteiger partial charge in [0.25, 0.3) is 0 Å². The fraction of sp³-hybridized carbons (Fsp3) is 1.00. The molecule has 15 heavy (non-hydrogen) atoms. The number of hydrogen-bond donors (Lipinski definition) is 0. The van der Waals surface area contributed by atoms with Crippen molar-refractivity contribution in [2.45, 2.75) is 19.8 Å². The van der Waals surface area contributed by atoms with Gasteiger partial charge in [0, 0.05) is 31.2 Å². The molecule has 1 atom stereocenters. The smallest absolute Gasteiger partial charge is 0.0506 e. The third-order valence-corrected chi connectivity index (χ3v) is 2.74. The number of ether oxygens (including phenoxy) is 1. The van der Waals surface area contributed by atoms with Crippen LogP contribution in [0.5, 0.6) is 0 Å². The Morgan fingerprint density at radius 3 is 3.20 bits per heavy atom. The minimum atomic E-state index is 0.581. The van der Waals surface area contributed by atoms with Crippen LogP contribution >= 0.6 is 0 Å². The average Bonchev–Trinajstić information content (AvgIpc) is 2.27. The molecule has 0 bridgehead atoms. The Balaban J connectivity index is 2.19. The first-order valence-corrected chi connectivity index (χ1v) is 5.67. The Bertz CT molecular complexity index is 215. The predicted octanol–water partition coefficient (Wildman–Crippen LogP) is 2.05. The van der Waals surface area contributed by atoms with Gasteiger partial charge in [-0.1, -0.05) is 5.11 Å². The van der Waals surface area contributed by atoms with Crippen LogP contribution in [0.4, 0.5) is 0 Å². The Morgan fingerprint density at radius 2 is 2.47 bits per heavy atom. The molecular weight excluding hydrogens is 192 g/mol. The molecule has 0 aromatic heterocycles. The molecule has 1 saturated heterocycles. The summed E-state index contributed by atoms with van der Waals surface area (Å²) in [6, 6.07) is 0. The first-order chi connectivity index (χ1) is 7.36. The van der Waals surface area contributed by atoms with Crippen molar-refractivity contribution in [1.29, 1.82) is 0 Å². The molecular formula is C10H20N4O. The van der Waals surface area contributed by atoms with E-state index in [4.69, 9.17) is 10.3 Å². The summed E-state index contributed by atoms with van der Waals surface area (Å²) in [5.74, 6) is 0.657. The topological polar surface area (TPSA) is 61.2 Å². The van der Waals surface area contributed by atoms with E-state index in [1.54, 1.807) is 0 Å². The highest BCUT2D eigenvalue weighted by molar-refractivity contribution is 4.73. The lowest BCUT2D eigenvalue weighted by atomic mass is 9.99. The molecule has 0 spiro atoms. The van der Waals surface area contributed by atoms with Crippen LogP contribution in [-0.2, 0) is 4.74 Å². The third-order valence-electron chi connectivity index (χ3n) is 2.74. The van der Waals surface area contributed by atoms with Gasteiger partial charge in [0.1, 0.15) is 0 Å². The van der Waals surface area contributed by atoms with Crippen LogP contribution in [0, 0.1) is 5.92 Å². The Kier molecular flexibility index (Phi) is 6.16. The lowest BCUT2D eigenvalue weighted by molar-refractivity contribution is 0.0682. The van der Waals surface area contributed by atoms with Crippen molar-refractivity contribution in [3.63, 3.8) is 0 Å². The maximum Gasteiger partial charge on any atom is 0.0506 e. The van der Waals surface area contributed by atoms with Gasteiger partial charge in [-0.25, -0.2) is 0 Å². The summed E-state index contributed by atoms with van der Waals surface area (Å²) in [6.07, 6.45) is 2.49. The molecule has 1 aliphatic heterocycles. The molecule has 0 aromatic rings. The number of hydrogen-bond acceptors (Lipinski definition) is 3. The summed E-state index contributed by atoms with van der Waals surface area (Å²) < 4.78 is 5.44. The minimum absolute atomic E-state index is 0.581. The maximum atomic E-state index is 8.18. The largest absolute Gasteiger partial charge is 0.381 e. The predicted molar refractivity (Wildman–Crippen MR) is 59.7 cm³/mol. The van der Waals surface area contributed by atoms with Crippen LogP contribution in [0.2, 0.25) is 0 Å². The molecule has 5 nitrogen and oxygen atoms in total. The zero-order valence-corrected chi connectivity index (χ0v) is 9.43. The van der Waals surface area contributed by atoms with Crippen LogP contribution in [0.15, 0.2) is 5.11 Å². The lowest BCUT2D eigenvalue weighted by Gasteiger charge is -2.32. The van der Waals surface area contributed by atoms with Gasteiger partial charge in [-0.15, -0.1) is 0 Å². The Morgan fingerprint density at radius 1 is 1.60 bits per heavy atom. The van der Waals surface area contributed by atoms with Crippen LogP contribution < -0.4 is 0 Å². The van der Waals surface area contributed by atoms with Gasteiger partial charge < -0.3 is 9.64 Å². The van der Waals surface area contributed by atoms with Gasteiger partial charge >= 0.3 is 0 Å². The van der Waals surface area contributed by atoms with E-state index in [1.807, 2.05) is 6.92 Å². The number of rotatable bonds is 6. The van der Waals surface area contributed by atoms with E-state index in [1.165, 1.54) is 12.8 Å². The standard InChI is InChI=1S/C10H20N4O/c1-2-15-9-10-4-3-6-14(8-10)7-5-12-13-11/h10H,2-9H2,1H3. The number of likely N-dealkylation sites (tertiary alicyclic amines) is 1. The van der Waals surface area contributed by atoms with Crippen LogP contribution in [0.3, 0.4) is 0 Å². The summed E-state index contributed by atoms with van der Waals surface area (Å²) >= 11 is 0. The van der Waals surface area contributed by atoms with Crippen molar-refractivity contribution in [2.75, 3.05) is 39.4 Å². The van der Waals surface area contributed by atoms with E-state index in [0.717, 1.165) is 32.8 Å². The summed E-state index contributed by atoms with van der Waals surface area (Å²) in [5, 5.41) is 3.56. The monoisotopic (exact) mass is 212 g/mol. The zero-order valence-electron chi connectivity index (χ0n) is 9.43. The maximum absolute atomic E-state index is 8.18. The zero-order chi connectivity index (χ0) is 10.9. The molecule has 1 aliphatic rings. The fourth-order valence-corrected chi connectivity index (χ4v) is 2.01. The molecule has 0 aliphatic carbocycles. The highest BCUT2D eigenvalue weighted by atomic mass is 16.5. The average molecular weight is 212 g/mol. The van der Waals surface area contributed by atoms with E-state index in [9.17, 15) is 0 Å². The molecule has 0 N–H and O–H groups in total. The number of azide groups is 1. The fourth-order valence-electron chi connectivity index (χ4n) is 2.01. The van der Waals surface area contributed by atoms with E-state index in [0.29, 0.717) is 12.5 Å². The summed E-state index contributed by atoms with van der Waals surface area (Å²) in [7, 11) is 0. The van der Waals surface area contributed by atoms with Gasteiger partial charge in [0.05, 0.1) is 6.61 Å². The number of nitrogens with zero attached hydrogens (tertiary/aromatic N) is 4. The van der Waals surface area contributed by atoms with Gasteiger partial charge in [0.15, 0.2) is 0 Å². The molecule has 1 fully saturated rings. The third kappa shape index (κ3) is 5.02. The van der Waals surface area contributed by atoms with Crippen molar-refractivity contribution >= 4 is 0 Å². The molecule has 1 heterocycles. The molecule has 86 valence electrons. The lowest BCUT2D eigenvalue weighted by Crippen LogP contribution is -2.38. The molecule has 0 amide bonds. The van der Waals surface area contributed by atoms with Crippen molar-refractivity contribution in [2.24, 2.45) is 11.0 Å². The normalized spacial score (nSPS) is 22.3. The Labute approximate surface area is 91.0 Å². The first-order valence-electron chi connectivity index (χ1n) is 5.67.